The van der Waals surface area contributed by atoms with Gasteiger partial charge in [0.15, 0.2) is 0 Å². The smallest absolute Gasteiger partial charge is 0.336 e. The van der Waals surface area contributed by atoms with Gasteiger partial charge < -0.3 is 5.11 Å². The predicted octanol–water partition coefficient (Wildman–Crippen LogP) is 4.56. The second kappa shape index (κ2) is 5.19. The van der Waals surface area contributed by atoms with Crippen LogP contribution in [0.2, 0.25) is 5.02 Å². The summed E-state index contributed by atoms with van der Waals surface area (Å²) >= 11 is 5.89. The van der Waals surface area contributed by atoms with Gasteiger partial charge >= 0.3 is 5.97 Å². The van der Waals surface area contributed by atoms with Crippen LogP contribution in [-0.2, 0) is 0 Å². The highest BCUT2D eigenvalue weighted by atomic mass is 35.5. The number of nitrogens with zero attached hydrogens (tertiary/aromatic N) is 1. The van der Waals surface area contributed by atoms with E-state index in [1.54, 1.807) is 24.3 Å². The van der Waals surface area contributed by atoms with Crippen molar-refractivity contribution in [3.8, 4) is 11.3 Å². The number of aryl methyl sites for hydroxylation is 1. The minimum Gasteiger partial charge on any atom is -0.478 e. The van der Waals surface area contributed by atoms with Crippen LogP contribution < -0.4 is 0 Å². The number of hydrogen-bond donors (Lipinski definition) is 1. The molecule has 104 valence electrons. The molecule has 0 aliphatic carbocycles. The molecule has 1 heterocycles. The molecule has 1 N–H and O–H groups in total. The number of carboxylic acids is 1. The van der Waals surface area contributed by atoms with E-state index in [0.29, 0.717) is 21.6 Å². The van der Waals surface area contributed by atoms with Crippen LogP contribution in [0.1, 0.15) is 15.9 Å². The van der Waals surface area contributed by atoms with E-state index in [9.17, 15) is 9.90 Å². The van der Waals surface area contributed by atoms with Crippen LogP contribution in [0, 0.1) is 6.92 Å². The highest BCUT2D eigenvalue weighted by Crippen LogP contribution is 2.27. The Morgan fingerprint density at radius 3 is 2.52 bits per heavy atom. The molecule has 0 fully saturated rings. The molecule has 0 saturated heterocycles. The van der Waals surface area contributed by atoms with Crippen molar-refractivity contribution in [3.05, 3.63) is 64.7 Å². The Hall–Kier alpha value is -2.39. The van der Waals surface area contributed by atoms with Crippen LogP contribution in [0.15, 0.2) is 48.5 Å². The third-order valence-corrected chi connectivity index (χ3v) is 3.66. The standard InChI is InChI=1S/C17H12ClNO2/c1-10-3-2-4-13-14(17(20)21)9-15(19-16(10)13)11-5-7-12(18)8-6-11/h2-9H,1H3,(H,20,21). The lowest BCUT2D eigenvalue weighted by Crippen LogP contribution is -2.01. The maximum absolute atomic E-state index is 11.5. The van der Waals surface area contributed by atoms with Crippen molar-refractivity contribution in [3.63, 3.8) is 0 Å². The first-order chi connectivity index (χ1) is 10.1. The maximum Gasteiger partial charge on any atom is 0.336 e. The van der Waals surface area contributed by atoms with Crippen LogP contribution in [-0.4, -0.2) is 16.1 Å². The maximum atomic E-state index is 11.5. The van der Waals surface area contributed by atoms with Gasteiger partial charge in [0.25, 0.3) is 0 Å². The van der Waals surface area contributed by atoms with Crippen LogP contribution in [0.25, 0.3) is 22.2 Å². The highest BCUT2D eigenvalue weighted by molar-refractivity contribution is 6.30. The van der Waals surface area contributed by atoms with Crippen molar-refractivity contribution >= 4 is 28.5 Å². The third-order valence-electron chi connectivity index (χ3n) is 3.41. The Morgan fingerprint density at radius 1 is 1.14 bits per heavy atom. The zero-order chi connectivity index (χ0) is 15.0. The number of rotatable bonds is 2. The molecule has 0 saturated carbocycles. The molecule has 1 aromatic heterocycles. The Labute approximate surface area is 126 Å². The Kier molecular flexibility index (Phi) is 3.35. The van der Waals surface area contributed by atoms with Gasteiger partial charge in [0, 0.05) is 16.0 Å². The fourth-order valence-electron chi connectivity index (χ4n) is 2.34. The van der Waals surface area contributed by atoms with Gasteiger partial charge in [-0.3, -0.25) is 0 Å². The quantitative estimate of drug-likeness (QED) is 0.754. The number of fused-ring (bicyclic) bond motifs is 1. The van der Waals surface area contributed by atoms with E-state index in [4.69, 9.17) is 11.6 Å². The highest BCUT2D eigenvalue weighted by Gasteiger charge is 2.13. The van der Waals surface area contributed by atoms with Crippen molar-refractivity contribution in [2.24, 2.45) is 0 Å². The number of aromatic carboxylic acids is 1. The number of aromatic nitrogens is 1. The number of benzene rings is 2. The summed E-state index contributed by atoms with van der Waals surface area (Å²) in [6.07, 6.45) is 0. The summed E-state index contributed by atoms with van der Waals surface area (Å²) in [6, 6.07) is 14.3. The van der Waals surface area contributed by atoms with E-state index in [1.165, 1.54) is 0 Å². The summed E-state index contributed by atoms with van der Waals surface area (Å²) in [4.78, 5) is 16.1. The minimum absolute atomic E-state index is 0.258. The molecule has 0 amide bonds. The fraction of sp³-hybridized carbons (Fsp3) is 0.0588. The Balaban J connectivity index is 2.32. The zero-order valence-corrected chi connectivity index (χ0v) is 12.1. The van der Waals surface area contributed by atoms with Crippen LogP contribution >= 0.6 is 11.6 Å². The summed E-state index contributed by atoms with van der Waals surface area (Å²) in [5.74, 6) is -0.955. The second-order valence-electron chi connectivity index (χ2n) is 4.84. The predicted molar refractivity (Wildman–Crippen MR) is 83.9 cm³/mol. The molecule has 3 rings (SSSR count). The lowest BCUT2D eigenvalue weighted by atomic mass is 10.0. The fourth-order valence-corrected chi connectivity index (χ4v) is 2.46. The van der Waals surface area contributed by atoms with Gasteiger partial charge in [0.1, 0.15) is 0 Å². The molecule has 3 aromatic rings. The monoisotopic (exact) mass is 297 g/mol. The van der Waals surface area contributed by atoms with Gasteiger partial charge in [-0.05, 0) is 30.7 Å². The van der Waals surface area contributed by atoms with E-state index < -0.39 is 5.97 Å². The lowest BCUT2D eigenvalue weighted by molar-refractivity contribution is 0.0699. The van der Waals surface area contributed by atoms with Crippen molar-refractivity contribution < 1.29 is 9.90 Å². The van der Waals surface area contributed by atoms with Gasteiger partial charge in [-0.25, -0.2) is 9.78 Å². The van der Waals surface area contributed by atoms with Gasteiger partial charge in [-0.1, -0.05) is 41.9 Å². The molecule has 3 nitrogen and oxygen atoms in total. The number of carboxylic acid groups (broad SMARTS) is 1. The first kappa shape index (κ1) is 13.6. The minimum atomic E-state index is -0.955. The lowest BCUT2D eigenvalue weighted by Gasteiger charge is -2.09. The number of pyridine rings is 1. The van der Waals surface area contributed by atoms with Gasteiger partial charge in [-0.15, -0.1) is 0 Å². The van der Waals surface area contributed by atoms with E-state index in [0.717, 1.165) is 11.1 Å². The molecule has 0 unspecified atom stereocenters. The molecule has 0 spiro atoms. The summed E-state index contributed by atoms with van der Waals surface area (Å²) in [5.41, 5.74) is 3.39. The molecule has 2 aromatic carbocycles. The Morgan fingerprint density at radius 2 is 1.86 bits per heavy atom. The topological polar surface area (TPSA) is 50.2 Å². The first-order valence-electron chi connectivity index (χ1n) is 6.46. The van der Waals surface area contributed by atoms with E-state index in [1.807, 2.05) is 31.2 Å². The summed E-state index contributed by atoms with van der Waals surface area (Å²) in [7, 11) is 0. The van der Waals surface area contributed by atoms with E-state index in [2.05, 4.69) is 4.98 Å². The molecule has 0 aliphatic heterocycles. The molecule has 0 bridgehead atoms. The van der Waals surface area contributed by atoms with Crippen molar-refractivity contribution in [2.45, 2.75) is 6.92 Å². The largest absolute Gasteiger partial charge is 0.478 e. The number of para-hydroxylation sites is 1. The van der Waals surface area contributed by atoms with E-state index >= 15 is 0 Å². The normalized spacial score (nSPS) is 10.8. The summed E-state index contributed by atoms with van der Waals surface area (Å²) < 4.78 is 0. The van der Waals surface area contributed by atoms with Crippen LogP contribution in [0.3, 0.4) is 0 Å². The first-order valence-corrected chi connectivity index (χ1v) is 6.83. The third kappa shape index (κ3) is 2.48. The Bertz CT molecular complexity index is 841. The van der Waals surface area contributed by atoms with Crippen molar-refractivity contribution in [1.29, 1.82) is 0 Å². The van der Waals surface area contributed by atoms with Crippen molar-refractivity contribution in [1.82, 2.24) is 4.98 Å². The molecule has 21 heavy (non-hydrogen) atoms. The number of carbonyl (C=O) groups is 1. The molecule has 0 radical (unpaired) electrons. The van der Waals surface area contributed by atoms with Crippen molar-refractivity contribution in [2.75, 3.05) is 0 Å². The van der Waals surface area contributed by atoms with Gasteiger partial charge in [-0.2, -0.15) is 0 Å². The molecular formula is C17H12ClNO2. The summed E-state index contributed by atoms with van der Waals surface area (Å²) in [6.45, 7) is 1.92. The van der Waals surface area contributed by atoms with Crippen LogP contribution in [0.4, 0.5) is 0 Å². The molecule has 4 heteroatoms. The average molecular weight is 298 g/mol. The second-order valence-corrected chi connectivity index (χ2v) is 5.27. The number of hydrogen-bond acceptors (Lipinski definition) is 2. The number of halogens is 1. The van der Waals surface area contributed by atoms with Gasteiger partial charge in [0.2, 0.25) is 0 Å². The summed E-state index contributed by atoms with van der Waals surface area (Å²) in [5, 5.41) is 10.7. The van der Waals surface area contributed by atoms with E-state index in [-0.39, 0.29) is 5.56 Å². The van der Waals surface area contributed by atoms with Crippen LogP contribution in [0.5, 0.6) is 0 Å². The molecular weight excluding hydrogens is 286 g/mol. The van der Waals surface area contributed by atoms with Gasteiger partial charge in [0.05, 0.1) is 16.8 Å². The SMILES string of the molecule is Cc1cccc2c(C(=O)O)cc(-c3ccc(Cl)cc3)nc12. The molecule has 0 aliphatic rings. The zero-order valence-electron chi connectivity index (χ0n) is 11.3. The average Bonchev–Trinajstić information content (AvgIpc) is 2.47. The molecule has 0 atom stereocenters.